The van der Waals surface area contributed by atoms with Crippen molar-refractivity contribution in [2.75, 3.05) is 31.1 Å². The first kappa shape index (κ1) is 12.6. The van der Waals surface area contributed by atoms with Gasteiger partial charge in [-0.15, -0.1) is 0 Å². The molecule has 1 atom stereocenters. The Labute approximate surface area is 124 Å². The normalized spacial score (nSPS) is 22.2. The van der Waals surface area contributed by atoms with E-state index in [4.69, 9.17) is 4.98 Å². The highest BCUT2D eigenvalue weighted by molar-refractivity contribution is 5.83. The van der Waals surface area contributed by atoms with Crippen LogP contribution in [0.5, 0.6) is 0 Å². The molecule has 106 valence electrons. The van der Waals surface area contributed by atoms with Crippen LogP contribution in [0.25, 0.3) is 10.9 Å². The summed E-state index contributed by atoms with van der Waals surface area (Å²) in [5, 5.41) is 10.5. The molecule has 3 heterocycles. The number of benzene rings is 1. The Morgan fingerprint density at radius 2 is 2.10 bits per heavy atom. The van der Waals surface area contributed by atoms with Gasteiger partial charge in [0, 0.05) is 31.1 Å². The fraction of sp³-hybridized carbons (Fsp3) is 0.412. The van der Waals surface area contributed by atoms with Crippen LogP contribution in [0.1, 0.15) is 18.4 Å². The Balaban J connectivity index is 1.73. The SMILES string of the molecule is N#Cc1cc2ccccc2nc1N1CCN2CCCC2C1. The van der Waals surface area contributed by atoms with Gasteiger partial charge in [0.15, 0.2) is 0 Å². The fourth-order valence-corrected chi connectivity index (χ4v) is 3.61. The maximum Gasteiger partial charge on any atom is 0.147 e. The molecule has 2 fully saturated rings. The lowest BCUT2D eigenvalue weighted by Gasteiger charge is -2.38. The van der Waals surface area contributed by atoms with Gasteiger partial charge in [0.25, 0.3) is 0 Å². The quantitative estimate of drug-likeness (QED) is 0.803. The molecular formula is C17H18N4. The van der Waals surface area contributed by atoms with E-state index in [2.05, 4.69) is 15.9 Å². The van der Waals surface area contributed by atoms with Crippen LogP contribution in [-0.4, -0.2) is 42.1 Å². The second kappa shape index (κ2) is 5.01. The van der Waals surface area contributed by atoms with Gasteiger partial charge in [-0.05, 0) is 31.5 Å². The molecule has 0 aliphatic carbocycles. The molecule has 2 saturated heterocycles. The second-order valence-electron chi connectivity index (χ2n) is 5.94. The Hall–Kier alpha value is -2.12. The number of nitriles is 1. The van der Waals surface area contributed by atoms with Crippen molar-refractivity contribution in [2.24, 2.45) is 0 Å². The number of para-hydroxylation sites is 1. The average Bonchev–Trinajstić information content (AvgIpc) is 3.01. The van der Waals surface area contributed by atoms with Gasteiger partial charge in [-0.2, -0.15) is 5.26 Å². The Kier molecular flexibility index (Phi) is 3.01. The van der Waals surface area contributed by atoms with Crippen molar-refractivity contribution in [3.8, 4) is 6.07 Å². The summed E-state index contributed by atoms with van der Waals surface area (Å²) in [4.78, 5) is 9.64. The number of nitrogens with zero attached hydrogens (tertiary/aromatic N) is 4. The van der Waals surface area contributed by atoms with Gasteiger partial charge in [0.05, 0.1) is 11.1 Å². The van der Waals surface area contributed by atoms with Gasteiger partial charge in [0.1, 0.15) is 11.9 Å². The smallest absolute Gasteiger partial charge is 0.147 e. The molecule has 0 amide bonds. The van der Waals surface area contributed by atoms with E-state index in [1.54, 1.807) is 0 Å². The van der Waals surface area contributed by atoms with Crippen LogP contribution < -0.4 is 4.90 Å². The van der Waals surface area contributed by atoms with Crippen LogP contribution >= 0.6 is 0 Å². The number of rotatable bonds is 1. The summed E-state index contributed by atoms with van der Waals surface area (Å²) >= 11 is 0. The highest BCUT2D eigenvalue weighted by Crippen LogP contribution is 2.28. The lowest BCUT2D eigenvalue weighted by molar-refractivity contribution is 0.230. The van der Waals surface area contributed by atoms with Gasteiger partial charge < -0.3 is 4.90 Å². The van der Waals surface area contributed by atoms with E-state index in [-0.39, 0.29) is 0 Å². The maximum absolute atomic E-state index is 9.47. The molecule has 0 spiro atoms. The molecule has 2 aliphatic heterocycles. The monoisotopic (exact) mass is 278 g/mol. The molecule has 2 aliphatic rings. The summed E-state index contributed by atoms with van der Waals surface area (Å²) in [6, 6.07) is 13.0. The molecule has 0 radical (unpaired) electrons. The van der Waals surface area contributed by atoms with Crippen LogP contribution in [0, 0.1) is 11.3 Å². The average molecular weight is 278 g/mol. The topological polar surface area (TPSA) is 43.2 Å². The molecule has 4 heteroatoms. The molecule has 1 aromatic heterocycles. The zero-order valence-electron chi connectivity index (χ0n) is 12.0. The Morgan fingerprint density at radius 1 is 1.19 bits per heavy atom. The summed E-state index contributed by atoms with van der Waals surface area (Å²) in [5.41, 5.74) is 1.67. The van der Waals surface area contributed by atoms with Crippen LogP contribution in [0.15, 0.2) is 30.3 Å². The van der Waals surface area contributed by atoms with Gasteiger partial charge in [0.2, 0.25) is 0 Å². The van der Waals surface area contributed by atoms with E-state index in [9.17, 15) is 5.26 Å². The highest BCUT2D eigenvalue weighted by atomic mass is 15.3. The van der Waals surface area contributed by atoms with Crippen LogP contribution in [0.2, 0.25) is 0 Å². The zero-order chi connectivity index (χ0) is 14.2. The molecule has 4 rings (SSSR count). The molecule has 2 aromatic rings. The first-order chi connectivity index (χ1) is 10.3. The molecule has 0 N–H and O–H groups in total. The van der Waals surface area contributed by atoms with Gasteiger partial charge >= 0.3 is 0 Å². The largest absolute Gasteiger partial charge is 0.353 e. The zero-order valence-corrected chi connectivity index (χ0v) is 12.0. The van der Waals surface area contributed by atoms with Gasteiger partial charge in [-0.1, -0.05) is 18.2 Å². The molecule has 1 aromatic carbocycles. The van der Waals surface area contributed by atoms with E-state index in [1.165, 1.54) is 19.4 Å². The van der Waals surface area contributed by atoms with Crippen LogP contribution in [0.4, 0.5) is 5.82 Å². The van der Waals surface area contributed by atoms with Crippen molar-refractivity contribution in [2.45, 2.75) is 18.9 Å². The van der Waals surface area contributed by atoms with Crippen molar-refractivity contribution in [1.82, 2.24) is 9.88 Å². The number of pyridine rings is 1. The highest BCUT2D eigenvalue weighted by Gasteiger charge is 2.31. The Bertz CT molecular complexity index is 718. The van der Waals surface area contributed by atoms with Crippen molar-refractivity contribution in [1.29, 1.82) is 5.26 Å². The van der Waals surface area contributed by atoms with Crippen molar-refractivity contribution < 1.29 is 0 Å². The van der Waals surface area contributed by atoms with E-state index < -0.39 is 0 Å². The lowest BCUT2D eigenvalue weighted by atomic mass is 10.1. The van der Waals surface area contributed by atoms with Crippen molar-refractivity contribution in [3.05, 3.63) is 35.9 Å². The van der Waals surface area contributed by atoms with Crippen LogP contribution in [-0.2, 0) is 0 Å². The standard InChI is InChI=1S/C17H18N4/c18-11-14-10-13-4-1-2-6-16(13)19-17(14)21-9-8-20-7-3-5-15(20)12-21/h1-2,4,6,10,15H,3,5,7-9,12H2. The third kappa shape index (κ3) is 2.14. The third-order valence-corrected chi connectivity index (χ3v) is 4.71. The molecule has 4 nitrogen and oxygen atoms in total. The minimum Gasteiger partial charge on any atom is -0.353 e. The lowest BCUT2D eigenvalue weighted by Crippen LogP contribution is -2.50. The number of hydrogen-bond acceptors (Lipinski definition) is 4. The molecular weight excluding hydrogens is 260 g/mol. The minimum absolute atomic E-state index is 0.638. The summed E-state index contributed by atoms with van der Waals surface area (Å²) < 4.78 is 0. The number of piperazine rings is 1. The van der Waals surface area contributed by atoms with Gasteiger partial charge in [-0.25, -0.2) is 4.98 Å². The predicted molar refractivity (Wildman–Crippen MR) is 83.3 cm³/mol. The van der Waals surface area contributed by atoms with Gasteiger partial charge in [-0.3, -0.25) is 4.90 Å². The molecule has 21 heavy (non-hydrogen) atoms. The summed E-state index contributed by atoms with van der Waals surface area (Å²) in [6.07, 6.45) is 2.57. The third-order valence-electron chi connectivity index (χ3n) is 4.71. The Morgan fingerprint density at radius 3 is 3.00 bits per heavy atom. The van der Waals surface area contributed by atoms with Crippen molar-refractivity contribution >= 4 is 16.7 Å². The van der Waals surface area contributed by atoms with E-state index in [1.807, 2.05) is 30.3 Å². The second-order valence-corrected chi connectivity index (χ2v) is 5.94. The maximum atomic E-state index is 9.47. The minimum atomic E-state index is 0.638. The summed E-state index contributed by atoms with van der Waals surface area (Å²) in [6.45, 7) is 4.29. The molecule has 0 saturated carbocycles. The van der Waals surface area contributed by atoms with E-state index in [0.717, 1.165) is 36.4 Å². The van der Waals surface area contributed by atoms with E-state index in [0.29, 0.717) is 11.6 Å². The summed E-state index contributed by atoms with van der Waals surface area (Å²) in [7, 11) is 0. The number of hydrogen-bond donors (Lipinski definition) is 0. The molecule has 1 unspecified atom stereocenters. The first-order valence-corrected chi connectivity index (χ1v) is 7.64. The summed E-state index contributed by atoms with van der Waals surface area (Å²) in [5.74, 6) is 0.864. The number of fused-ring (bicyclic) bond motifs is 2. The van der Waals surface area contributed by atoms with Crippen LogP contribution in [0.3, 0.4) is 0 Å². The number of aromatic nitrogens is 1. The first-order valence-electron chi connectivity index (χ1n) is 7.64. The fourth-order valence-electron chi connectivity index (χ4n) is 3.61. The van der Waals surface area contributed by atoms with Crippen molar-refractivity contribution in [3.63, 3.8) is 0 Å². The molecule has 0 bridgehead atoms. The predicted octanol–water partition coefficient (Wildman–Crippen LogP) is 2.39. The number of anilines is 1. The van der Waals surface area contributed by atoms with E-state index >= 15 is 0 Å².